The van der Waals surface area contributed by atoms with E-state index in [1.165, 1.54) is 6.07 Å². The Morgan fingerprint density at radius 3 is 2.83 bits per heavy atom. The molecule has 1 saturated heterocycles. The lowest BCUT2D eigenvalue weighted by molar-refractivity contribution is -0.0358. The molecule has 1 N–H and O–H groups in total. The van der Waals surface area contributed by atoms with Crippen LogP contribution in [0.3, 0.4) is 0 Å². The van der Waals surface area contributed by atoms with Gasteiger partial charge in [0, 0.05) is 19.0 Å². The van der Waals surface area contributed by atoms with Crippen LogP contribution >= 0.6 is 0 Å². The summed E-state index contributed by atoms with van der Waals surface area (Å²) in [5, 5.41) is 10.5. The minimum atomic E-state index is -0.930. The van der Waals surface area contributed by atoms with Gasteiger partial charge in [-0.15, -0.1) is 0 Å². The second-order valence-corrected chi connectivity index (χ2v) is 5.42. The molecule has 0 saturated carbocycles. The van der Waals surface area contributed by atoms with Crippen molar-refractivity contribution in [3.05, 3.63) is 35.4 Å². The summed E-state index contributed by atoms with van der Waals surface area (Å²) in [5.74, 6) is -0.910. The minimum absolute atomic E-state index is 0.175. The molecule has 0 spiro atoms. The van der Waals surface area contributed by atoms with Crippen LogP contribution in [0.2, 0.25) is 0 Å². The number of hydrogen-bond donors (Lipinski definition) is 1. The summed E-state index contributed by atoms with van der Waals surface area (Å²) in [6.45, 7) is 2.81. The van der Waals surface area contributed by atoms with E-state index in [-0.39, 0.29) is 18.0 Å². The van der Waals surface area contributed by atoms with Crippen LogP contribution in [0.25, 0.3) is 0 Å². The molecule has 1 heterocycles. The van der Waals surface area contributed by atoms with Gasteiger partial charge in [0.25, 0.3) is 0 Å². The van der Waals surface area contributed by atoms with E-state index in [0.29, 0.717) is 12.8 Å². The topological polar surface area (TPSA) is 23.5 Å². The summed E-state index contributed by atoms with van der Waals surface area (Å²) in [6.07, 6.45) is 1.35. The molecule has 1 aromatic carbocycles. The fourth-order valence-corrected chi connectivity index (χ4v) is 2.61. The third-order valence-electron chi connectivity index (χ3n) is 3.88. The molecule has 100 valence electrons. The fourth-order valence-electron chi connectivity index (χ4n) is 2.61. The average Bonchev–Trinajstić information content (AvgIpc) is 2.29. The first kappa shape index (κ1) is 13.4. The molecule has 4 heteroatoms. The molecule has 0 radical (unpaired) electrons. The standard InChI is InChI=1S/C14H19F2NO/c1-10-8-14(18,5-6-17(10)2)9-11-7-12(15)3-4-13(11)16/h3-4,7,10,18H,5-6,8-9H2,1-2H3. The first-order chi connectivity index (χ1) is 8.39. The van der Waals surface area contributed by atoms with Gasteiger partial charge in [-0.3, -0.25) is 0 Å². The Bertz CT molecular complexity index is 438. The third kappa shape index (κ3) is 2.87. The second-order valence-electron chi connectivity index (χ2n) is 5.42. The van der Waals surface area contributed by atoms with Gasteiger partial charge < -0.3 is 10.0 Å². The molecule has 2 unspecified atom stereocenters. The van der Waals surface area contributed by atoms with E-state index in [1.807, 2.05) is 14.0 Å². The average molecular weight is 255 g/mol. The highest BCUT2D eigenvalue weighted by Gasteiger charge is 2.35. The van der Waals surface area contributed by atoms with E-state index >= 15 is 0 Å². The summed E-state index contributed by atoms with van der Waals surface area (Å²) < 4.78 is 26.7. The van der Waals surface area contributed by atoms with Gasteiger partial charge in [-0.25, -0.2) is 8.78 Å². The van der Waals surface area contributed by atoms with Gasteiger partial charge in [0.1, 0.15) is 11.6 Å². The molecule has 0 amide bonds. The van der Waals surface area contributed by atoms with Crippen LogP contribution in [0, 0.1) is 11.6 Å². The van der Waals surface area contributed by atoms with Crippen molar-refractivity contribution in [3.8, 4) is 0 Å². The highest BCUT2D eigenvalue weighted by Crippen LogP contribution is 2.30. The van der Waals surface area contributed by atoms with E-state index < -0.39 is 17.2 Å². The van der Waals surface area contributed by atoms with E-state index in [9.17, 15) is 13.9 Å². The van der Waals surface area contributed by atoms with Gasteiger partial charge in [-0.2, -0.15) is 0 Å². The number of aliphatic hydroxyl groups is 1. The van der Waals surface area contributed by atoms with Crippen LogP contribution < -0.4 is 0 Å². The van der Waals surface area contributed by atoms with Crippen LogP contribution in [-0.2, 0) is 6.42 Å². The van der Waals surface area contributed by atoms with Crippen molar-refractivity contribution in [2.24, 2.45) is 0 Å². The monoisotopic (exact) mass is 255 g/mol. The molecule has 2 atom stereocenters. The van der Waals surface area contributed by atoms with Gasteiger partial charge in [0.15, 0.2) is 0 Å². The number of halogens is 2. The summed E-state index contributed by atoms with van der Waals surface area (Å²) in [7, 11) is 2.01. The zero-order valence-corrected chi connectivity index (χ0v) is 10.8. The largest absolute Gasteiger partial charge is 0.389 e. The summed E-state index contributed by atoms with van der Waals surface area (Å²) in [4.78, 5) is 2.16. The third-order valence-corrected chi connectivity index (χ3v) is 3.88. The molecule has 1 aromatic rings. The SMILES string of the molecule is CC1CC(O)(Cc2cc(F)ccc2F)CCN1C. The molecule has 1 aliphatic rings. The van der Waals surface area contributed by atoms with Crippen molar-refractivity contribution < 1.29 is 13.9 Å². The Hall–Kier alpha value is -1.00. The first-order valence-corrected chi connectivity index (χ1v) is 6.26. The Balaban J connectivity index is 2.15. The second kappa shape index (κ2) is 4.94. The van der Waals surface area contributed by atoms with E-state index in [1.54, 1.807) is 0 Å². The first-order valence-electron chi connectivity index (χ1n) is 6.26. The van der Waals surface area contributed by atoms with Gasteiger partial charge in [-0.1, -0.05) is 0 Å². The van der Waals surface area contributed by atoms with Crippen molar-refractivity contribution in [3.63, 3.8) is 0 Å². The molecule has 1 aliphatic heterocycles. The Morgan fingerprint density at radius 1 is 1.44 bits per heavy atom. The van der Waals surface area contributed by atoms with Gasteiger partial charge in [-0.05, 0) is 50.6 Å². The Morgan fingerprint density at radius 2 is 2.17 bits per heavy atom. The normalized spacial score (nSPS) is 29.5. The predicted octanol–water partition coefficient (Wildman–Crippen LogP) is 2.35. The molecule has 2 nitrogen and oxygen atoms in total. The lowest BCUT2D eigenvalue weighted by Gasteiger charge is -2.41. The molecule has 1 fully saturated rings. The van der Waals surface area contributed by atoms with Crippen LogP contribution in [0.4, 0.5) is 8.78 Å². The highest BCUT2D eigenvalue weighted by atomic mass is 19.1. The van der Waals surface area contributed by atoms with Crippen molar-refractivity contribution in [2.75, 3.05) is 13.6 Å². The summed E-state index contributed by atoms with van der Waals surface area (Å²) in [5.41, 5.74) is -0.671. The number of hydrogen-bond acceptors (Lipinski definition) is 2. The summed E-state index contributed by atoms with van der Waals surface area (Å²) >= 11 is 0. The maximum Gasteiger partial charge on any atom is 0.126 e. The Labute approximate surface area is 106 Å². The van der Waals surface area contributed by atoms with Crippen LogP contribution in [0.15, 0.2) is 18.2 Å². The molecular weight excluding hydrogens is 236 g/mol. The maximum atomic E-state index is 13.6. The molecule has 0 aliphatic carbocycles. The molecule has 0 aromatic heterocycles. The molecule has 0 bridgehead atoms. The van der Waals surface area contributed by atoms with Gasteiger partial charge >= 0.3 is 0 Å². The number of benzene rings is 1. The predicted molar refractivity (Wildman–Crippen MR) is 66.3 cm³/mol. The van der Waals surface area contributed by atoms with Crippen molar-refractivity contribution in [2.45, 2.75) is 37.8 Å². The zero-order chi connectivity index (χ0) is 13.3. The number of piperidine rings is 1. The smallest absolute Gasteiger partial charge is 0.126 e. The van der Waals surface area contributed by atoms with Crippen LogP contribution in [0.5, 0.6) is 0 Å². The lowest BCUT2D eigenvalue weighted by Crippen LogP contribution is -2.48. The van der Waals surface area contributed by atoms with Gasteiger partial charge in [0.05, 0.1) is 5.60 Å². The minimum Gasteiger partial charge on any atom is -0.389 e. The molecular formula is C14H19F2NO. The fraction of sp³-hybridized carbons (Fsp3) is 0.571. The number of likely N-dealkylation sites (tertiary alicyclic amines) is 1. The van der Waals surface area contributed by atoms with Crippen LogP contribution in [0.1, 0.15) is 25.3 Å². The van der Waals surface area contributed by atoms with E-state index in [0.717, 1.165) is 18.7 Å². The highest BCUT2D eigenvalue weighted by molar-refractivity contribution is 5.21. The number of rotatable bonds is 2. The van der Waals surface area contributed by atoms with Crippen molar-refractivity contribution in [1.29, 1.82) is 0 Å². The van der Waals surface area contributed by atoms with Crippen molar-refractivity contribution >= 4 is 0 Å². The van der Waals surface area contributed by atoms with Crippen molar-refractivity contribution in [1.82, 2.24) is 4.90 Å². The number of nitrogens with zero attached hydrogens (tertiary/aromatic N) is 1. The molecule has 18 heavy (non-hydrogen) atoms. The summed E-state index contributed by atoms with van der Waals surface area (Å²) in [6, 6.07) is 3.64. The van der Waals surface area contributed by atoms with Gasteiger partial charge in [0.2, 0.25) is 0 Å². The molecule has 2 rings (SSSR count). The van der Waals surface area contributed by atoms with E-state index in [2.05, 4.69) is 4.90 Å². The quantitative estimate of drug-likeness (QED) is 0.877. The lowest BCUT2D eigenvalue weighted by atomic mass is 9.82. The van der Waals surface area contributed by atoms with E-state index in [4.69, 9.17) is 0 Å². The zero-order valence-electron chi connectivity index (χ0n) is 10.8. The van der Waals surface area contributed by atoms with Crippen LogP contribution in [-0.4, -0.2) is 35.2 Å². The Kier molecular flexibility index (Phi) is 3.69. The maximum absolute atomic E-state index is 13.6.